The highest BCUT2D eigenvalue weighted by Gasteiger charge is 2.25. The van der Waals surface area contributed by atoms with Crippen LogP contribution < -0.4 is 10.1 Å². The van der Waals surface area contributed by atoms with Gasteiger partial charge in [-0.05, 0) is 43.7 Å². The highest BCUT2D eigenvalue weighted by Crippen LogP contribution is 2.24. The molecular formula is C15H22ClNO. The van der Waals surface area contributed by atoms with Crippen molar-refractivity contribution in [3.8, 4) is 5.75 Å². The molecule has 1 saturated heterocycles. The van der Waals surface area contributed by atoms with Crippen molar-refractivity contribution in [3.05, 3.63) is 29.3 Å². The number of rotatable bonds is 6. The van der Waals surface area contributed by atoms with E-state index < -0.39 is 0 Å². The van der Waals surface area contributed by atoms with Crippen LogP contribution in [-0.2, 0) is 0 Å². The molecule has 2 atom stereocenters. The van der Waals surface area contributed by atoms with Crippen LogP contribution >= 0.6 is 11.6 Å². The summed E-state index contributed by atoms with van der Waals surface area (Å²) >= 11 is 5.89. The Labute approximate surface area is 115 Å². The quantitative estimate of drug-likeness (QED) is 0.844. The van der Waals surface area contributed by atoms with Gasteiger partial charge >= 0.3 is 0 Å². The van der Waals surface area contributed by atoms with E-state index >= 15 is 0 Å². The van der Waals surface area contributed by atoms with E-state index in [4.69, 9.17) is 16.3 Å². The highest BCUT2D eigenvalue weighted by molar-refractivity contribution is 6.30. The van der Waals surface area contributed by atoms with Gasteiger partial charge < -0.3 is 10.1 Å². The molecular weight excluding hydrogens is 246 g/mol. The highest BCUT2D eigenvalue weighted by atomic mass is 35.5. The summed E-state index contributed by atoms with van der Waals surface area (Å²) < 4.78 is 6.16. The number of ether oxygens (including phenoxy) is 1. The molecule has 0 radical (unpaired) electrons. The molecule has 1 N–H and O–H groups in total. The van der Waals surface area contributed by atoms with E-state index in [0.29, 0.717) is 12.0 Å². The first-order valence-corrected chi connectivity index (χ1v) is 7.30. The molecule has 1 aliphatic rings. The summed E-state index contributed by atoms with van der Waals surface area (Å²) in [5.74, 6) is 1.58. The molecule has 0 unspecified atom stereocenters. The predicted octanol–water partition coefficient (Wildman–Crippen LogP) is 3.89. The lowest BCUT2D eigenvalue weighted by atomic mass is 9.97. The van der Waals surface area contributed by atoms with Crippen LogP contribution in [0.4, 0.5) is 0 Å². The fourth-order valence-electron chi connectivity index (χ4n) is 2.48. The van der Waals surface area contributed by atoms with Gasteiger partial charge in [0, 0.05) is 17.5 Å². The molecule has 18 heavy (non-hydrogen) atoms. The number of benzene rings is 1. The molecule has 1 aromatic rings. The second kappa shape index (κ2) is 7.01. The number of hydrogen-bond donors (Lipinski definition) is 1. The topological polar surface area (TPSA) is 21.3 Å². The fourth-order valence-corrected chi connectivity index (χ4v) is 2.60. The van der Waals surface area contributed by atoms with Crippen molar-refractivity contribution < 1.29 is 4.74 Å². The Morgan fingerprint density at radius 1 is 1.39 bits per heavy atom. The van der Waals surface area contributed by atoms with Crippen LogP contribution in [0.3, 0.4) is 0 Å². The van der Waals surface area contributed by atoms with Crippen molar-refractivity contribution in [3.63, 3.8) is 0 Å². The standard InChI is InChI=1S/C15H22ClNO/c1-2-3-4-15(12-9-10-17-11-12)18-14-7-5-13(16)6-8-14/h5-8,12,15,17H,2-4,9-11H2,1H3/t12-,15+/m0/s1. The minimum atomic E-state index is 0.334. The first-order valence-electron chi connectivity index (χ1n) is 6.92. The smallest absolute Gasteiger partial charge is 0.119 e. The monoisotopic (exact) mass is 267 g/mol. The molecule has 3 heteroatoms. The molecule has 0 aliphatic carbocycles. The van der Waals surface area contributed by atoms with Gasteiger partial charge in [-0.15, -0.1) is 0 Å². The lowest BCUT2D eigenvalue weighted by Gasteiger charge is -2.24. The van der Waals surface area contributed by atoms with Crippen molar-refractivity contribution in [2.24, 2.45) is 5.92 Å². The summed E-state index contributed by atoms with van der Waals surface area (Å²) in [5, 5.41) is 4.18. The first-order chi connectivity index (χ1) is 8.79. The molecule has 0 spiro atoms. The summed E-state index contributed by atoms with van der Waals surface area (Å²) in [7, 11) is 0. The Bertz CT molecular complexity index is 346. The molecule has 0 saturated carbocycles. The van der Waals surface area contributed by atoms with Crippen LogP contribution in [0.1, 0.15) is 32.6 Å². The summed E-state index contributed by atoms with van der Waals surface area (Å²) in [6.45, 7) is 4.44. The zero-order valence-electron chi connectivity index (χ0n) is 11.0. The number of hydrogen-bond acceptors (Lipinski definition) is 2. The molecule has 1 aliphatic heterocycles. The molecule has 2 rings (SSSR count). The molecule has 1 fully saturated rings. The van der Waals surface area contributed by atoms with Gasteiger partial charge in [-0.1, -0.05) is 31.4 Å². The number of unbranched alkanes of at least 4 members (excludes halogenated alkanes) is 1. The van der Waals surface area contributed by atoms with Gasteiger partial charge in [0.1, 0.15) is 11.9 Å². The predicted molar refractivity (Wildman–Crippen MR) is 76.4 cm³/mol. The van der Waals surface area contributed by atoms with Crippen LogP contribution in [0.15, 0.2) is 24.3 Å². The van der Waals surface area contributed by atoms with E-state index in [1.165, 1.54) is 19.3 Å². The molecule has 0 aromatic heterocycles. The minimum Gasteiger partial charge on any atom is -0.490 e. The zero-order valence-corrected chi connectivity index (χ0v) is 11.7. The average Bonchev–Trinajstić information content (AvgIpc) is 2.90. The lowest BCUT2D eigenvalue weighted by Crippen LogP contribution is -2.28. The van der Waals surface area contributed by atoms with Crippen LogP contribution in [0.25, 0.3) is 0 Å². The summed E-state index contributed by atoms with van der Waals surface area (Å²) in [6.07, 6.45) is 5.16. The van der Waals surface area contributed by atoms with Crippen molar-refractivity contribution in [2.45, 2.75) is 38.7 Å². The van der Waals surface area contributed by atoms with E-state index in [2.05, 4.69) is 12.2 Å². The molecule has 0 amide bonds. The van der Waals surface area contributed by atoms with Gasteiger partial charge in [0.2, 0.25) is 0 Å². The van der Waals surface area contributed by atoms with Crippen molar-refractivity contribution in [2.75, 3.05) is 13.1 Å². The normalized spacial score (nSPS) is 20.9. The van der Waals surface area contributed by atoms with Gasteiger partial charge in [0.15, 0.2) is 0 Å². The molecule has 1 heterocycles. The average molecular weight is 268 g/mol. The molecule has 100 valence electrons. The van der Waals surface area contributed by atoms with Gasteiger partial charge in [-0.3, -0.25) is 0 Å². The van der Waals surface area contributed by atoms with Gasteiger partial charge in [0.05, 0.1) is 0 Å². The maximum Gasteiger partial charge on any atom is 0.119 e. The lowest BCUT2D eigenvalue weighted by molar-refractivity contribution is 0.130. The van der Waals surface area contributed by atoms with E-state index in [1.807, 2.05) is 24.3 Å². The van der Waals surface area contributed by atoms with Crippen molar-refractivity contribution in [1.29, 1.82) is 0 Å². The largest absolute Gasteiger partial charge is 0.490 e. The van der Waals surface area contributed by atoms with Crippen molar-refractivity contribution in [1.82, 2.24) is 5.32 Å². The summed E-state index contributed by atoms with van der Waals surface area (Å²) in [4.78, 5) is 0. The third-order valence-corrected chi connectivity index (χ3v) is 3.82. The maximum absolute atomic E-state index is 6.16. The fraction of sp³-hybridized carbons (Fsp3) is 0.600. The molecule has 2 nitrogen and oxygen atoms in total. The number of halogens is 1. The van der Waals surface area contributed by atoms with E-state index in [1.54, 1.807) is 0 Å². The van der Waals surface area contributed by atoms with Crippen molar-refractivity contribution >= 4 is 11.6 Å². The van der Waals surface area contributed by atoms with E-state index in [0.717, 1.165) is 30.3 Å². The van der Waals surface area contributed by atoms with E-state index in [9.17, 15) is 0 Å². The van der Waals surface area contributed by atoms with Gasteiger partial charge in [0.25, 0.3) is 0 Å². The summed E-state index contributed by atoms with van der Waals surface area (Å²) in [5.41, 5.74) is 0. The SMILES string of the molecule is CCCC[C@@H](Oc1ccc(Cl)cc1)[C@H]1CCNC1. The second-order valence-corrected chi connectivity index (χ2v) is 5.44. The van der Waals surface area contributed by atoms with Crippen LogP contribution in [0.5, 0.6) is 5.75 Å². The van der Waals surface area contributed by atoms with E-state index in [-0.39, 0.29) is 0 Å². The Hall–Kier alpha value is -0.730. The number of nitrogens with one attached hydrogen (secondary N) is 1. The van der Waals surface area contributed by atoms with Crippen LogP contribution in [-0.4, -0.2) is 19.2 Å². The first kappa shape index (κ1) is 13.7. The Kier molecular flexibility index (Phi) is 5.33. The molecule has 0 bridgehead atoms. The van der Waals surface area contributed by atoms with Crippen LogP contribution in [0, 0.1) is 5.92 Å². The molecule has 1 aromatic carbocycles. The Morgan fingerprint density at radius 3 is 2.78 bits per heavy atom. The van der Waals surface area contributed by atoms with Gasteiger partial charge in [-0.2, -0.15) is 0 Å². The van der Waals surface area contributed by atoms with Crippen LogP contribution in [0.2, 0.25) is 5.02 Å². The van der Waals surface area contributed by atoms with Gasteiger partial charge in [-0.25, -0.2) is 0 Å². The maximum atomic E-state index is 6.16. The third-order valence-electron chi connectivity index (χ3n) is 3.57. The minimum absolute atomic E-state index is 0.334. The Balaban J connectivity index is 1.97. The summed E-state index contributed by atoms with van der Waals surface area (Å²) in [6, 6.07) is 7.70. The third kappa shape index (κ3) is 3.89. The second-order valence-electron chi connectivity index (χ2n) is 5.01. The zero-order chi connectivity index (χ0) is 12.8. The Morgan fingerprint density at radius 2 is 2.17 bits per heavy atom.